The number of nitrogens with one attached hydrogen (secondary N) is 1. The van der Waals surface area contributed by atoms with Crippen LogP contribution in [0.5, 0.6) is 5.75 Å². The second-order valence-electron chi connectivity index (χ2n) is 8.34. The fraction of sp³-hybridized carbons (Fsp3) is 0.417. The number of sulfonamides is 1. The number of nitrogens with zero attached hydrogens (tertiary/aromatic N) is 2. The summed E-state index contributed by atoms with van der Waals surface area (Å²) in [4.78, 5) is 26.9. The first kappa shape index (κ1) is 23.1. The highest BCUT2D eigenvalue weighted by Gasteiger charge is 2.29. The molecule has 2 fully saturated rings. The minimum atomic E-state index is -3.22. The summed E-state index contributed by atoms with van der Waals surface area (Å²) in [5.74, 6) is 0.726. The van der Waals surface area contributed by atoms with Crippen LogP contribution in [0.1, 0.15) is 25.7 Å². The zero-order valence-corrected chi connectivity index (χ0v) is 19.3. The van der Waals surface area contributed by atoms with Gasteiger partial charge in [0.05, 0.1) is 24.5 Å². The Morgan fingerprint density at radius 1 is 0.970 bits per heavy atom. The van der Waals surface area contributed by atoms with Gasteiger partial charge in [-0.3, -0.25) is 13.9 Å². The highest BCUT2D eigenvalue weighted by molar-refractivity contribution is 7.93. The molecule has 0 unspecified atom stereocenters. The first-order valence-electron chi connectivity index (χ1n) is 11.3. The van der Waals surface area contributed by atoms with Crippen LogP contribution in [0.25, 0.3) is 0 Å². The van der Waals surface area contributed by atoms with Gasteiger partial charge in [-0.1, -0.05) is 18.2 Å². The van der Waals surface area contributed by atoms with Crippen LogP contribution in [0, 0.1) is 5.92 Å². The van der Waals surface area contributed by atoms with Gasteiger partial charge in [0, 0.05) is 31.2 Å². The first-order valence-corrected chi connectivity index (χ1v) is 12.9. The van der Waals surface area contributed by atoms with Gasteiger partial charge in [0.25, 0.3) is 0 Å². The molecule has 2 heterocycles. The van der Waals surface area contributed by atoms with Crippen molar-refractivity contribution >= 4 is 33.2 Å². The molecule has 0 aromatic heterocycles. The Morgan fingerprint density at radius 3 is 2.30 bits per heavy atom. The van der Waals surface area contributed by atoms with E-state index in [9.17, 15) is 18.0 Å². The van der Waals surface area contributed by atoms with Crippen molar-refractivity contribution in [1.82, 2.24) is 4.90 Å². The molecular weight excluding hydrogens is 442 g/mol. The Balaban J connectivity index is 1.21. The van der Waals surface area contributed by atoms with Crippen molar-refractivity contribution < 1.29 is 22.7 Å². The van der Waals surface area contributed by atoms with Crippen LogP contribution >= 0.6 is 0 Å². The molecular formula is C24H29N3O5S. The van der Waals surface area contributed by atoms with Crippen LogP contribution in [0.2, 0.25) is 0 Å². The Labute approximate surface area is 194 Å². The summed E-state index contributed by atoms with van der Waals surface area (Å²) in [6.07, 6.45) is 2.16. The third kappa shape index (κ3) is 5.84. The van der Waals surface area contributed by atoms with Crippen LogP contribution in [0.15, 0.2) is 54.6 Å². The number of ether oxygens (including phenoxy) is 1. The molecule has 2 aromatic carbocycles. The van der Waals surface area contributed by atoms with Gasteiger partial charge in [0.1, 0.15) is 5.75 Å². The van der Waals surface area contributed by atoms with E-state index in [4.69, 9.17) is 4.74 Å². The SMILES string of the molecule is O=C(Nc1ccc(N2CCCS2(=O)=O)cc1)C1CCN(C(=O)CCOc2ccccc2)CC1. The predicted octanol–water partition coefficient (Wildman–Crippen LogP) is 2.87. The average molecular weight is 472 g/mol. The molecule has 2 saturated heterocycles. The molecule has 176 valence electrons. The lowest BCUT2D eigenvalue weighted by molar-refractivity contribution is -0.135. The number of carbonyl (C=O) groups excluding carboxylic acids is 2. The van der Waals surface area contributed by atoms with Crippen molar-refractivity contribution in [2.75, 3.05) is 41.6 Å². The highest BCUT2D eigenvalue weighted by Crippen LogP contribution is 2.26. The van der Waals surface area contributed by atoms with Crippen LogP contribution in [0.4, 0.5) is 11.4 Å². The second-order valence-corrected chi connectivity index (χ2v) is 10.4. The van der Waals surface area contributed by atoms with Gasteiger partial charge in [-0.25, -0.2) is 8.42 Å². The summed E-state index contributed by atoms with van der Waals surface area (Å²) in [6.45, 7) is 1.92. The summed E-state index contributed by atoms with van der Waals surface area (Å²) in [5.41, 5.74) is 1.26. The van der Waals surface area contributed by atoms with Crippen LogP contribution in [-0.2, 0) is 19.6 Å². The van der Waals surface area contributed by atoms with E-state index >= 15 is 0 Å². The maximum atomic E-state index is 12.7. The van der Waals surface area contributed by atoms with Gasteiger partial charge < -0.3 is 15.0 Å². The molecule has 0 aliphatic carbocycles. The number of para-hydroxylation sites is 1. The van der Waals surface area contributed by atoms with E-state index in [0.717, 1.165) is 5.75 Å². The van der Waals surface area contributed by atoms with E-state index in [1.54, 1.807) is 29.2 Å². The lowest BCUT2D eigenvalue weighted by atomic mass is 9.95. The fourth-order valence-corrected chi connectivity index (χ4v) is 5.77. The molecule has 0 atom stereocenters. The third-order valence-corrected chi connectivity index (χ3v) is 7.94. The summed E-state index contributed by atoms with van der Waals surface area (Å²) in [6, 6.07) is 16.3. The number of likely N-dealkylation sites (tertiary alicyclic amines) is 1. The number of rotatable bonds is 7. The van der Waals surface area contributed by atoms with Crippen molar-refractivity contribution in [2.45, 2.75) is 25.7 Å². The molecule has 1 N–H and O–H groups in total. The molecule has 9 heteroatoms. The van der Waals surface area contributed by atoms with E-state index in [-0.39, 0.29) is 23.5 Å². The lowest BCUT2D eigenvalue weighted by Gasteiger charge is -2.31. The number of anilines is 2. The topological polar surface area (TPSA) is 96.0 Å². The summed E-state index contributed by atoms with van der Waals surface area (Å²) in [7, 11) is -3.22. The molecule has 8 nitrogen and oxygen atoms in total. The average Bonchev–Trinajstić information content (AvgIpc) is 3.19. The Morgan fingerprint density at radius 2 is 1.67 bits per heavy atom. The van der Waals surface area contributed by atoms with E-state index < -0.39 is 10.0 Å². The molecule has 0 saturated carbocycles. The van der Waals surface area contributed by atoms with Gasteiger partial charge in [0.15, 0.2) is 0 Å². The number of amides is 2. The Hall–Kier alpha value is -3.07. The minimum Gasteiger partial charge on any atom is -0.493 e. The minimum absolute atomic E-state index is 0.0391. The quantitative estimate of drug-likeness (QED) is 0.670. The van der Waals surface area contributed by atoms with Crippen LogP contribution < -0.4 is 14.4 Å². The van der Waals surface area contributed by atoms with Crippen molar-refractivity contribution in [1.29, 1.82) is 0 Å². The lowest BCUT2D eigenvalue weighted by Crippen LogP contribution is -2.41. The van der Waals surface area contributed by atoms with Gasteiger partial charge in [-0.2, -0.15) is 0 Å². The molecule has 0 radical (unpaired) electrons. The molecule has 4 rings (SSSR count). The molecule has 2 aliphatic rings. The molecule has 2 aromatic rings. The molecule has 2 amide bonds. The summed E-state index contributed by atoms with van der Waals surface area (Å²) in [5, 5.41) is 2.92. The van der Waals surface area contributed by atoms with Crippen molar-refractivity contribution in [3.05, 3.63) is 54.6 Å². The third-order valence-electron chi connectivity index (χ3n) is 6.07. The fourth-order valence-electron chi connectivity index (χ4n) is 4.21. The molecule has 0 spiro atoms. The Kier molecular flexibility index (Phi) is 7.17. The normalized spacial score (nSPS) is 18.2. The first-order chi connectivity index (χ1) is 15.9. The highest BCUT2D eigenvalue weighted by atomic mass is 32.2. The number of benzene rings is 2. The molecule has 33 heavy (non-hydrogen) atoms. The van der Waals surface area contributed by atoms with Gasteiger partial charge in [-0.05, 0) is 55.7 Å². The number of hydrogen-bond donors (Lipinski definition) is 1. The maximum absolute atomic E-state index is 12.7. The van der Waals surface area contributed by atoms with E-state index in [2.05, 4.69) is 5.32 Å². The maximum Gasteiger partial charge on any atom is 0.235 e. The number of hydrogen-bond acceptors (Lipinski definition) is 5. The van der Waals surface area contributed by atoms with E-state index in [0.29, 0.717) is 63.3 Å². The number of carbonyl (C=O) groups is 2. The van der Waals surface area contributed by atoms with Gasteiger partial charge in [0.2, 0.25) is 21.8 Å². The molecule has 2 aliphatic heterocycles. The van der Waals surface area contributed by atoms with Crippen molar-refractivity contribution in [3.63, 3.8) is 0 Å². The van der Waals surface area contributed by atoms with Crippen molar-refractivity contribution in [3.8, 4) is 5.75 Å². The van der Waals surface area contributed by atoms with Gasteiger partial charge >= 0.3 is 0 Å². The van der Waals surface area contributed by atoms with E-state index in [1.807, 2.05) is 30.3 Å². The smallest absolute Gasteiger partial charge is 0.235 e. The van der Waals surface area contributed by atoms with Gasteiger partial charge in [-0.15, -0.1) is 0 Å². The number of piperidine rings is 1. The van der Waals surface area contributed by atoms with Crippen molar-refractivity contribution in [2.24, 2.45) is 5.92 Å². The van der Waals surface area contributed by atoms with E-state index in [1.165, 1.54) is 4.31 Å². The zero-order valence-electron chi connectivity index (χ0n) is 18.5. The standard InChI is InChI=1S/C24H29N3O5S/c28-23(13-17-32-22-5-2-1-3-6-22)26-15-11-19(12-16-26)24(29)25-20-7-9-21(10-8-20)27-14-4-18-33(27,30)31/h1-3,5-10,19H,4,11-18H2,(H,25,29). The summed E-state index contributed by atoms with van der Waals surface area (Å²) >= 11 is 0. The summed E-state index contributed by atoms with van der Waals surface area (Å²) < 4.78 is 31.1. The largest absolute Gasteiger partial charge is 0.493 e. The zero-order chi connectivity index (χ0) is 23.3. The predicted molar refractivity (Wildman–Crippen MR) is 127 cm³/mol. The molecule has 0 bridgehead atoms. The second kappa shape index (κ2) is 10.2. The van der Waals surface area contributed by atoms with Crippen LogP contribution in [0.3, 0.4) is 0 Å². The monoisotopic (exact) mass is 471 g/mol. The Bertz CT molecular complexity index is 1070. The van der Waals surface area contributed by atoms with Crippen LogP contribution in [-0.4, -0.2) is 57.1 Å².